The Balaban J connectivity index is 2.39. The Morgan fingerprint density at radius 3 is 3.05 bits per heavy atom. The highest BCUT2D eigenvalue weighted by Gasteiger charge is 2.21. The molecule has 4 N–H and O–H groups in total. The van der Waals surface area contributed by atoms with Crippen molar-refractivity contribution in [2.45, 2.75) is 6.92 Å². The van der Waals surface area contributed by atoms with E-state index in [1.807, 2.05) is 0 Å². The predicted molar refractivity (Wildman–Crippen MR) is 73.4 cm³/mol. The van der Waals surface area contributed by atoms with Crippen LogP contribution in [-0.4, -0.2) is 32.6 Å². The van der Waals surface area contributed by atoms with Crippen LogP contribution in [0.1, 0.15) is 17.3 Å². The van der Waals surface area contributed by atoms with Gasteiger partial charge in [0.25, 0.3) is 0 Å². The second kappa shape index (κ2) is 4.37. The Morgan fingerprint density at radius 2 is 2.30 bits per heavy atom. The topological polar surface area (TPSA) is 114 Å². The molecule has 0 radical (unpaired) electrons. The first-order valence-corrected chi connectivity index (χ1v) is 6.03. The van der Waals surface area contributed by atoms with Gasteiger partial charge in [-0.3, -0.25) is 0 Å². The van der Waals surface area contributed by atoms with E-state index in [0.29, 0.717) is 21.8 Å². The summed E-state index contributed by atoms with van der Waals surface area (Å²) in [6.45, 7) is 1.96. The number of nitrogen functional groups attached to an aromatic ring is 1. The maximum absolute atomic E-state index is 12.0. The summed E-state index contributed by atoms with van der Waals surface area (Å²) in [7, 11) is 0. The van der Waals surface area contributed by atoms with Gasteiger partial charge in [0.2, 0.25) is 0 Å². The number of nitrogens with one attached hydrogen (secondary N) is 1. The number of aromatic amines is 1. The fraction of sp³-hybridized carbons (Fsp3) is 0.154. The van der Waals surface area contributed by atoms with Crippen LogP contribution in [0.15, 0.2) is 18.6 Å². The third kappa shape index (κ3) is 1.63. The summed E-state index contributed by atoms with van der Waals surface area (Å²) in [5.41, 5.74) is 7.05. The van der Waals surface area contributed by atoms with Crippen molar-refractivity contribution in [3.05, 3.63) is 24.2 Å². The number of phenolic OH excluding ortho intramolecular Hbond substituents is 1. The van der Waals surface area contributed by atoms with Gasteiger partial charge in [0.15, 0.2) is 0 Å². The lowest BCUT2D eigenvalue weighted by Crippen LogP contribution is -2.06. The zero-order valence-corrected chi connectivity index (χ0v) is 10.7. The molecule has 0 saturated carbocycles. The molecule has 1 aromatic carbocycles. The zero-order chi connectivity index (χ0) is 14.3. The van der Waals surface area contributed by atoms with Gasteiger partial charge in [0, 0.05) is 17.0 Å². The molecular weight excluding hydrogens is 260 g/mol. The molecule has 0 aliphatic heterocycles. The number of fused-ring (bicyclic) bond motifs is 3. The zero-order valence-electron chi connectivity index (χ0n) is 10.7. The molecule has 2 heterocycles. The fourth-order valence-electron chi connectivity index (χ4n) is 2.24. The minimum absolute atomic E-state index is 0.0422. The van der Waals surface area contributed by atoms with Crippen molar-refractivity contribution in [1.82, 2.24) is 15.0 Å². The smallest absolute Gasteiger partial charge is 0.342 e. The van der Waals surface area contributed by atoms with Gasteiger partial charge in [0.05, 0.1) is 12.1 Å². The Labute approximate surface area is 113 Å². The van der Waals surface area contributed by atoms with Gasteiger partial charge < -0.3 is 20.6 Å². The van der Waals surface area contributed by atoms with Crippen molar-refractivity contribution in [2.24, 2.45) is 0 Å². The lowest BCUT2D eigenvalue weighted by Gasteiger charge is -2.03. The Bertz CT molecular complexity index is 825. The van der Waals surface area contributed by atoms with Gasteiger partial charge in [-0.05, 0) is 13.0 Å². The average molecular weight is 272 g/mol. The van der Waals surface area contributed by atoms with Crippen LogP contribution in [0.3, 0.4) is 0 Å². The molecule has 0 fully saturated rings. The number of phenols is 1. The van der Waals surface area contributed by atoms with Crippen molar-refractivity contribution in [1.29, 1.82) is 0 Å². The summed E-state index contributed by atoms with van der Waals surface area (Å²) in [6.07, 6.45) is 2.89. The molecule has 3 aromatic rings. The number of esters is 1. The van der Waals surface area contributed by atoms with Gasteiger partial charge in [0.1, 0.15) is 29.0 Å². The van der Waals surface area contributed by atoms with Gasteiger partial charge in [-0.25, -0.2) is 14.8 Å². The molecule has 102 valence electrons. The molecule has 7 nitrogen and oxygen atoms in total. The number of aromatic hydroxyl groups is 1. The van der Waals surface area contributed by atoms with Crippen LogP contribution in [0.4, 0.5) is 5.82 Å². The third-order valence-electron chi connectivity index (χ3n) is 3.05. The maximum atomic E-state index is 12.0. The molecule has 0 aliphatic carbocycles. The Kier molecular flexibility index (Phi) is 2.67. The second-order valence-corrected chi connectivity index (χ2v) is 4.24. The van der Waals surface area contributed by atoms with E-state index in [1.54, 1.807) is 13.1 Å². The van der Waals surface area contributed by atoms with E-state index >= 15 is 0 Å². The number of nitrogens with zero attached hydrogens (tertiary/aromatic N) is 2. The van der Waals surface area contributed by atoms with Crippen LogP contribution in [0.5, 0.6) is 5.75 Å². The van der Waals surface area contributed by atoms with E-state index in [1.165, 1.54) is 12.4 Å². The van der Waals surface area contributed by atoms with Crippen molar-refractivity contribution >= 4 is 33.6 Å². The highest BCUT2D eigenvalue weighted by atomic mass is 16.5. The largest absolute Gasteiger partial charge is 0.506 e. The standard InChI is InChI=1S/C13H12N4O3/c1-2-20-13(19)9-6-3-8(18)11-7(4-15-5-16-11)10(6)17-12(9)14/h3-5,17-18H,2,14H2,1H3. The maximum Gasteiger partial charge on any atom is 0.342 e. The van der Waals surface area contributed by atoms with Crippen LogP contribution in [0.25, 0.3) is 21.8 Å². The summed E-state index contributed by atoms with van der Waals surface area (Å²) >= 11 is 0. The molecule has 2 aromatic heterocycles. The van der Waals surface area contributed by atoms with Crippen LogP contribution in [0, 0.1) is 0 Å². The normalized spacial score (nSPS) is 11.1. The van der Waals surface area contributed by atoms with Crippen molar-refractivity contribution < 1.29 is 14.6 Å². The Morgan fingerprint density at radius 1 is 1.50 bits per heavy atom. The first kappa shape index (κ1) is 12.2. The lowest BCUT2D eigenvalue weighted by atomic mass is 10.1. The number of nitrogens with two attached hydrogens (primary N) is 1. The van der Waals surface area contributed by atoms with Crippen LogP contribution >= 0.6 is 0 Å². The first-order chi connectivity index (χ1) is 9.63. The number of carbonyl (C=O) groups is 1. The van der Waals surface area contributed by atoms with Crippen LogP contribution in [-0.2, 0) is 4.74 Å². The van der Waals surface area contributed by atoms with E-state index < -0.39 is 5.97 Å². The minimum Gasteiger partial charge on any atom is -0.506 e. The SMILES string of the molecule is CCOC(=O)c1c(N)[nH]c2c1cc(O)c1ncncc12. The third-order valence-corrected chi connectivity index (χ3v) is 3.05. The second-order valence-electron chi connectivity index (χ2n) is 4.24. The average Bonchev–Trinajstić information content (AvgIpc) is 2.76. The predicted octanol–water partition coefficient (Wildman–Crippen LogP) is 1.58. The molecule has 0 atom stereocenters. The summed E-state index contributed by atoms with van der Waals surface area (Å²) < 4.78 is 4.98. The molecule has 7 heteroatoms. The minimum atomic E-state index is -0.535. The van der Waals surface area contributed by atoms with E-state index in [2.05, 4.69) is 15.0 Å². The molecule has 0 saturated heterocycles. The molecular formula is C13H12N4O3. The van der Waals surface area contributed by atoms with Crippen molar-refractivity contribution in [3.8, 4) is 5.75 Å². The summed E-state index contributed by atoms with van der Waals surface area (Å²) in [5.74, 6) is -0.388. The monoisotopic (exact) mass is 272 g/mol. The molecule has 20 heavy (non-hydrogen) atoms. The van der Waals surface area contributed by atoms with Gasteiger partial charge >= 0.3 is 5.97 Å². The number of hydrogen-bond acceptors (Lipinski definition) is 6. The number of ether oxygens (including phenoxy) is 1. The Hall–Kier alpha value is -2.83. The number of rotatable bonds is 2. The van der Waals surface area contributed by atoms with Gasteiger partial charge in [-0.1, -0.05) is 0 Å². The summed E-state index contributed by atoms with van der Waals surface area (Å²) in [6, 6.07) is 1.45. The molecule has 0 bridgehead atoms. The van der Waals surface area contributed by atoms with Gasteiger partial charge in [-0.2, -0.15) is 0 Å². The highest BCUT2D eigenvalue weighted by Crippen LogP contribution is 2.34. The molecule has 0 unspecified atom stereocenters. The fourth-order valence-corrected chi connectivity index (χ4v) is 2.24. The number of aromatic nitrogens is 3. The molecule has 0 amide bonds. The van der Waals surface area contributed by atoms with Crippen molar-refractivity contribution in [2.75, 3.05) is 12.3 Å². The highest BCUT2D eigenvalue weighted by molar-refractivity contribution is 6.16. The van der Waals surface area contributed by atoms with Crippen LogP contribution in [0.2, 0.25) is 0 Å². The first-order valence-electron chi connectivity index (χ1n) is 6.03. The van der Waals surface area contributed by atoms with E-state index in [9.17, 15) is 9.90 Å². The quantitative estimate of drug-likeness (QED) is 0.610. The number of H-pyrrole nitrogens is 1. The number of benzene rings is 1. The van der Waals surface area contributed by atoms with Crippen LogP contribution < -0.4 is 5.73 Å². The molecule has 0 aliphatic rings. The lowest BCUT2D eigenvalue weighted by molar-refractivity contribution is 0.0530. The number of anilines is 1. The molecule has 0 spiro atoms. The van der Waals surface area contributed by atoms with E-state index in [0.717, 1.165) is 0 Å². The summed E-state index contributed by atoms with van der Waals surface area (Å²) in [4.78, 5) is 22.8. The number of carbonyl (C=O) groups excluding carboxylic acids is 1. The van der Waals surface area contributed by atoms with Gasteiger partial charge in [-0.15, -0.1) is 0 Å². The van der Waals surface area contributed by atoms with Crippen molar-refractivity contribution in [3.63, 3.8) is 0 Å². The van der Waals surface area contributed by atoms with E-state index in [4.69, 9.17) is 10.5 Å². The number of hydrogen-bond donors (Lipinski definition) is 3. The van der Waals surface area contributed by atoms with E-state index in [-0.39, 0.29) is 23.7 Å². The molecule has 3 rings (SSSR count). The summed E-state index contributed by atoms with van der Waals surface area (Å²) in [5, 5.41) is 11.1.